The van der Waals surface area contributed by atoms with E-state index in [4.69, 9.17) is 9.84 Å². The van der Waals surface area contributed by atoms with Crippen molar-refractivity contribution in [2.75, 3.05) is 6.61 Å². The van der Waals surface area contributed by atoms with E-state index in [1.807, 2.05) is 6.92 Å². The maximum absolute atomic E-state index is 11.7. The summed E-state index contributed by atoms with van der Waals surface area (Å²) in [6.07, 6.45) is -1.94. The molecule has 0 fully saturated rings. The zero-order valence-electron chi connectivity index (χ0n) is 12.3. The molecule has 0 radical (unpaired) electrons. The highest BCUT2D eigenvalue weighted by molar-refractivity contribution is 5.86. The number of rotatable bonds is 9. The van der Waals surface area contributed by atoms with Crippen LogP contribution in [0, 0.1) is 0 Å². The van der Waals surface area contributed by atoms with Gasteiger partial charge in [-0.15, -0.1) is 0 Å². The number of aliphatic carboxylic acids is 1. The number of carboxylic acids is 1. The second-order valence-electron chi connectivity index (χ2n) is 4.29. The van der Waals surface area contributed by atoms with Crippen LogP contribution in [0.3, 0.4) is 0 Å². The van der Waals surface area contributed by atoms with Gasteiger partial charge in [0.25, 0.3) is 0 Å². The molecule has 0 saturated carbocycles. The van der Waals surface area contributed by atoms with E-state index in [2.05, 4.69) is 9.47 Å². The van der Waals surface area contributed by atoms with Crippen LogP contribution in [0.5, 0.6) is 0 Å². The van der Waals surface area contributed by atoms with Crippen LogP contribution < -0.4 is 0 Å². The van der Waals surface area contributed by atoms with Gasteiger partial charge in [-0.05, 0) is 13.3 Å². The van der Waals surface area contributed by atoms with Gasteiger partial charge >= 0.3 is 23.9 Å². The molecule has 0 aliphatic heterocycles. The van der Waals surface area contributed by atoms with Crippen molar-refractivity contribution in [1.29, 1.82) is 0 Å². The number of carboxylic acid groups (broad SMARTS) is 1. The van der Waals surface area contributed by atoms with Gasteiger partial charge in [0.15, 0.2) is 6.10 Å². The SMILES string of the molecule is CCCCOC(=O)C[C@H](OC(C)=O)C(=O)O[C@@H](C)C(=O)O. The molecule has 0 heterocycles. The third-order valence-corrected chi connectivity index (χ3v) is 2.32. The zero-order chi connectivity index (χ0) is 16.4. The minimum atomic E-state index is -1.52. The van der Waals surface area contributed by atoms with Crippen molar-refractivity contribution >= 4 is 23.9 Å². The van der Waals surface area contributed by atoms with Crippen LogP contribution >= 0.6 is 0 Å². The van der Waals surface area contributed by atoms with Crippen molar-refractivity contribution in [3.8, 4) is 0 Å². The second-order valence-corrected chi connectivity index (χ2v) is 4.29. The summed E-state index contributed by atoms with van der Waals surface area (Å²) in [5, 5.41) is 8.64. The summed E-state index contributed by atoms with van der Waals surface area (Å²) in [5.74, 6) is -3.97. The quantitative estimate of drug-likeness (QED) is 0.375. The van der Waals surface area contributed by atoms with E-state index >= 15 is 0 Å². The molecule has 0 aromatic carbocycles. The highest BCUT2D eigenvalue weighted by atomic mass is 16.6. The summed E-state index contributed by atoms with van der Waals surface area (Å²) < 4.78 is 14.1. The number of carbonyl (C=O) groups is 4. The van der Waals surface area contributed by atoms with E-state index in [0.717, 1.165) is 20.3 Å². The van der Waals surface area contributed by atoms with Crippen LogP contribution in [0.25, 0.3) is 0 Å². The molecule has 0 bridgehead atoms. The van der Waals surface area contributed by atoms with E-state index in [-0.39, 0.29) is 6.61 Å². The first-order valence-corrected chi connectivity index (χ1v) is 6.54. The van der Waals surface area contributed by atoms with Gasteiger partial charge in [-0.1, -0.05) is 13.3 Å². The van der Waals surface area contributed by atoms with E-state index in [1.165, 1.54) is 0 Å². The lowest BCUT2D eigenvalue weighted by Gasteiger charge is -2.17. The first-order valence-electron chi connectivity index (χ1n) is 6.54. The van der Waals surface area contributed by atoms with E-state index < -0.39 is 42.5 Å². The molecule has 0 aliphatic rings. The Kier molecular flexibility index (Phi) is 8.75. The molecule has 0 spiro atoms. The molecule has 8 heteroatoms. The lowest BCUT2D eigenvalue weighted by Crippen LogP contribution is -2.35. The summed E-state index contributed by atoms with van der Waals surface area (Å²) in [6, 6.07) is 0. The van der Waals surface area contributed by atoms with Gasteiger partial charge in [-0.3, -0.25) is 9.59 Å². The third kappa shape index (κ3) is 8.61. The fourth-order valence-electron chi connectivity index (χ4n) is 1.21. The Morgan fingerprint density at radius 3 is 2.24 bits per heavy atom. The normalized spacial score (nSPS) is 12.9. The van der Waals surface area contributed by atoms with Crippen LogP contribution in [0.4, 0.5) is 0 Å². The molecule has 0 rings (SSSR count). The summed E-state index contributed by atoms with van der Waals surface area (Å²) in [6.45, 7) is 4.32. The van der Waals surface area contributed by atoms with Crippen molar-refractivity contribution in [1.82, 2.24) is 0 Å². The standard InChI is InChI=1S/C13H20O8/c1-4-5-6-19-11(15)7-10(21-9(3)14)13(18)20-8(2)12(16)17/h8,10H,4-7H2,1-3H3,(H,16,17)/t8-,10-/m0/s1. The summed E-state index contributed by atoms with van der Waals surface area (Å²) >= 11 is 0. The Bertz CT molecular complexity index is 390. The highest BCUT2D eigenvalue weighted by Crippen LogP contribution is 2.07. The second kappa shape index (κ2) is 9.73. The van der Waals surface area contributed by atoms with Crippen LogP contribution in [-0.2, 0) is 33.4 Å². The minimum Gasteiger partial charge on any atom is -0.479 e. The van der Waals surface area contributed by atoms with Gasteiger partial charge < -0.3 is 19.3 Å². The summed E-state index contributed by atoms with van der Waals surface area (Å²) in [5.41, 5.74) is 0. The summed E-state index contributed by atoms with van der Waals surface area (Å²) in [4.78, 5) is 44.7. The average Bonchev–Trinajstić information content (AvgIpc) is 2.37. The van der Waals surface area contributed by atoms with E-state index in [0.29, 0.717) is 6.42 Å². The fraction of sp³-hybridized carbons (Fsp3) is 0.692. The first kappa shape index (κ1) is 18.9. The smallest absolute Gasteiger partial charge is 0.348 e. The van der Waals surface area contributed by atoms with Gasteiger partial charge in [0.2, 0.25) is 6.10 Å². The predicted molar refractivity (Wildman–Crippen MR) is 69.2 cm³/mol. The minimum absolute atomic E-state index is 0.197. The van der Waals surface area contributed by atoms with Crippen molar-refractivity contribution in [2.24, 2.45) is 0 Å². The Hall–Kier alpha value is -2.12. The lowest BCUT2D eigenvalue weighted by molar-refractivity contribution is -0.177. The van der Waals surface area contributed by atoms with Gasteiger partial charge in [-0.25, -0.2) is 9.59 Å². The molecule has 0 unspecified atom stereocenters. The van der Waals surface area contributed by atoms with Crippen LogP contribution in [-0.4, -0.2) is 47.8 Å². The number of unbranched alkanes of at least 4 members (excludes halogenated alkanes) is 1. The molecule has 0 amide bonds. The van der Waals surface area contributed by atoms with Crippen LogP contribution in [0.2, 0.25) is 0 Å². The fourth-order valence-corrected chi connectivity index (χ4v) is 1.21. The Labute approximate surface area is 122 Å². The van der Waals surface area contributed by atoms with Crippen molar-refractivity contribution in [2.45, 2.75) is 52.2 Å². The molecule has 0 saturated heterocycles. The number of hydrogen-bond donors (Lipinski definition) is 1. The zero-order valence-corrected chi connectivity index (χ0v) is 12.3. The highest BCUT2D eigenvalue weighted by Gasteiger charge is 2.30. The lowest BCUT2D eigenvalue weighted by atomic mass is 10.2. The van der Waals surface area contributed by atoms with Gasteiger partial charge in [-0.2, -0.15) is 0 Å². The van der Waals surface area contributed by atoms with Crippen molar-refractivity contribution in [3.05, 3.63) is 0 Å². The monoisotopic (exact) mass is 304 g/mol. The van der Waals surface area contributed by atoms with Crippen molar-refractivity contribution in [3.63, 3.8) is 0 Å². The van der Waals surface area contributed by atoms with Gasteiger partial charge in [0.1, 0.15) is 0 Å². The van der Waals surface area contributed by atoms with Gasteiger partial charge in [0.05, 0.1) is 13.0 Å². The van der Waals surface area contributed by atoms with E-state index in [1.54, 1.807) is 0 Å². The average molecular weight is 304 g/mol. The molecule has 0 aromatic heterocycles. The third-order valence-electron chi connectivity index (χ3n) is 2.32. The molecule has 0 aliphatic carbocycles. The predicted octanol–water partition coefficient (Wildman–Crippen LogP) is 0.668. The van der Waals surface area contributed by atoms with E-state index in [9.17, 15) is 19.2 Å². The molecule has 8 nitrogen and oxygen atoms in total. The van der Waals surface area contributed by atoms with Crippen LogP contribution in [0.15, 0.2) is 0 Å². The van der Waals surface area contributed by atoms with Gasteiger partial charge in [0, 0.05) is 6.92 Å². The number of carbonyl (C=O) groups excluding carboxylic acids is 3. The maximum atomic E-state index is 11.7. The Morgan fingerprint density at radius 1 is 1.14 bits per heavy atom. The number of ether oxygens (including phenoxy) is 3. The maximum Gasteiger partial charge on any atom is 0.348 e. The molecule has 1 N–H and O–H groups in total. The Morgan fingerprint density at radius 2 is 1.76 bits per heavy atom. The molecular formula is C13H20O8. The molecule has 21 heavy (non-hydrogen) atoms. The first-order chi connectivity index (χ1) is 9.77. The molecule has 120 valence electrons. The largest absolute Gasteiger partial charge is 0.479 e. The van der Waals surface area contributed by atoms with Crippen molar-refractivity contribution < 1.29 is 38.5 Å². The molecule has 2 atom stereocenters. The number of esters is 3. The number of hydrogen-bond acceptors (Lipinski definition) is 7. The molecule has 0 aromatic rings. The van der Waals surface area contributed by atoms with Crippen LogP contribution in [0.1, 0.15) is 40.0 Å². The topological polar surface area (TPSA) is 116 Å². The summed E-state index contributed by atoms with van der Waals surface area (Å²) in [7, 11) is 0. The Balaban J connectivity index is 4.56. The molecular weight excluding hydrogens is 284 g/mol.